The van der Waals surface area contributed by atoms with Crippen molar-refractivity contribution in [3.8, 4) is 0 Å². The number of carbonyl (C=O) groups excluding carboxylic acids is 2. The van der Waals surface area contributed by atoms with E-state index in [0.29, 0.717) is 11.1 Å². The molecule has 228 valence electrons. The molecule has 0 saturated heterocycles. The van der Waals surface area contributed by atoms with Crippen molar-refractivity contribution in [3.05, 3.63) is 142 Å². The number of unbranched alkanes of at least 4 members (excludes halogenated alkanes) is 2. The molecule has 0 aromatic heterocycles. The first-order chi connectivity index (χ1) is 21.4. The molecule has 0 radical (unpaired) electrons. The van der Waals surface area contributed by atoms with E-state index in [1.54, 1.807) is 0 Å². The van der Waals surface area contributed by atoms with Gasteiger partial charge in [0.05, 0.1) is 17.0 Å². The van der Waals surface area contributed by atoms with E-state index in [0.717, 1.165) is 71.9 Å². The van der Waals surface area contributed by atoms with Gasteiger partial charge < -0.3 is 9.47 Å². The van der Waals surface area contributed by atoms with Crippen LogP contribution in [0.3, 0.4) is 0 Å². The van der Waals surface area contributed by atoms with Gasteiger partial charge in [0.25, 0.3) is 0 Å². The van der Waals surface area contributed by atoms with E-state index in [4.69, 9.17) is 9.47 Å². The van der Waals surface area contributed by atoms with E-state index >= 15 is 0 Å². The third-order valence-electron chi connectivity index (χ3n) is 9.05. The lowest BCUT2D eigenvalue weighted by Gasteiger charge is -2.42. The van der Waals surface area contributed by atoms with Crippen LogP contribution in [0.25, 0.3) is 0 Å². The zero-order chi connectivity index (χ0) is 31.1. The average Bonchev–Trinajstić information content (AvgIpc) is 3.05. The molecule has 1 aliphatic carbocycles. The largest absolute Gasteiger partial charge is 0.454 e. The number of aryl methyl sites for hydroxylation is 3. The van der Waals surface area contributed by atoms with Crippen LogP contribution in [0.5, 0.6) is 0 Å². The number of carbonyl (C=O) groups is 2. The van der Waals surface area contributed by atoms with E-state index in [2.05, 4.69) is 52.0 Å². The van der Waals surface area contributed by atoms with Gasteiger partial charge in [0.1, 0.15) is 6.10 Å². The molecule has 1 aliphatic rings. The van der Waals surface area contributed by atoms with Gasteiger partial charge in [0.2, 0.25) is 0 Å². The zero-order valence-electron chi connectivity index (χ0n) is 26.4. The van der Waals surface area contributed by atoms with Gasteiger partial charge in [-0.1, -0.05) is 119 Å². The summed E-state index contributed by atoms with van der Waals surface area (Å²) in [5.41, 5.74) is 7.48. The zero-order valence-corrected chi connectivity index (χ0v) is 26.4. The molecule has 0 spiro atoms. The second-order valence-electron chi connectivity index (χ2n) is 12.0. The minimum atomic E-state index is -0.723. The van der Waals surface area contributed by atoms with Gasteiger partial charge in [0.15, 0.2) is 6.10 Å². The maximum Gasteiger partial charge on any atom is 0.338 e. The Morgan fingerprint density at radius 1 is 0.591 bits per heavy atom. The smallest absolute Gasteiger partial charge is 0.338 e. The SMILES string of the molecule is CCCCc1ccccc1C(=O)OC1C(OC(=O)c2ccccc2CCCC)[C@@H](C)c2ccccc2[C@@H]1c1ccccc1C. The number of fused-ring (bicyclic) bond motifs is 1. The van der Waals surface area contributed by atoms with Crippen LogP contribution in [0.1, 0.15) is 112 Å². The monoisotopic (exact) mass is 588 g/mol. The molecule has 0 bridgehead atoms. The maximum atomic E-state index is 14.1. The predicted molar refractivity (Wildman–Crippen MR) is 176 cm³/mol. The molecule has 5 rings (SSSR count). The van der Waals surface area contributed by atoms with Crippen LogP contribution < -0.4 is 0 Å². The summed E-state index contributed by atoms with van der Waals surface area (Å²) in [6.07, 6.45) is 4.26. The molecule has 0 N–H and O–H groups in total. The van der Waals surface area contributed by atoms with Crippen molar-refractivity contribution < 1.29 is 19.1 Å². The average molecular weight is 589 g/mol. The molecule has 0 heterocycles. The van der Waals surface area contributed by atoms with Crippen molar-refractivity contribution in [2.45, 2.75) is 90.3 Å². The van der Waals surface area contributed by atoms with E-state index < -0.39 is 12.2 Å². The van der Waals surface area contributed by atoms with Crippen LogP contribution in [-0.2, 0) is 22.3 Å². The van der Waals surface area contributed by atoms with Gasteiger partial charge >= 0.3 is 11.9 Å². The molecular formula is C40H44O4. The Morgan fingerprint density at radius 2 is 1.05 bits per heavy atom. The predicted octanol–water partition coefficient (Wildman–Crippen LogP) is 9.38. The number of rotatable bonds is 11. The normalized spacial score (nSPS) is 19.2. The van der Waals surface area contributed by atoms with Crippen molar-refractivity contribution in [1.82, 2.24) is 0 Å². The van der Waals surface area contributed by atoms with E-state index in [1.807, 2.05) is 72.8 Å². The highest BCUT2D eigenvalue weighted by Gasteiger charge is 2.47. The summed E-state index contributed by atoms with van der Waals surface area (Å²) >= 11 is 0. The highest BCUT2D eigenvalue weighted by atomic mass is 16.6. The van der Waals surface area contributed by atoms with Crippen molar-refractivity contribution >= 4 is 11.9 Å². The Hall–Kier alpha value is -4.18. The van der Waals surface area contributed by atoms with Crippen LogP contribution >= 0.6 is 0 Å². The summed E-state index contributed by atoms with van der Waals surface area (Å²) in [5, 5.41) is 0. The van der Waals surface area contributed by atoms with E-state index in [9.17, 15) is 9.59 Å². The van der Waals surface area contributed by atoms with Crippen molar-refractivity contribution in [2.24, 2.45) is 0 Å². The van der Waals surface area contributed by atoms with Gasteiger partial charge in [-0.2, -0.15) is 0 Å². The van der Waals surface area contributed by atoms with Crippen molar-refractivity contribution in [2.75, 3.05) is 0 Å². The molecular weight excluding hydrogens is 544 g/mol. The van der Waals surface area contributed by atoms with Crippen LogP contribution in [0.15, 0.2) is 97.1 Å². The maximum absolute atomic E-state index is 14.1. The van der Waals surface area contributed by atoms with E-state index in [-0.39, 0.29) is 23.8 Å². The second kappa shape index (κ2) is 14.5. The fraction of sp³-hybridized carbons (Fsp3) is 0.350. The summed E-state index contributed by atoms with van der Waals surface area (Å²) in [7, 11) is 0. The lowest BCUT2D eigenvalue weighted by molar-refractivity contribution is -0.0533. The molecule has 44 heavy (non-hydrogen) atoms. The molecule has 0 aliphatic heterocycles. The molecule has 4 nitrogen and oxygen atoms in total. The molecule has 0 saturated carbocycles. The van der Waals surface area contributed by atoms with Crippen molar-refractivity contribution in [3.63, 3.8) is 0 Å². The highest BCUT2D eigenvalue weighted by Crippen LogP contribution is 2.46. The van der Waals surface area contributed by atoms with Gasteiger partial charge in [-0.25, -0.2) is 9.59 Å². The van der Waals surface area contributed by atoms with E-state index in [1.165, 1.54) is 0 Å². The standard InChI is InChI=1S/C40H44O4/c1-5-7-18-29-20-10-13-24-33(29)39(41)43-37-28(4)32-23-15-16-26-35(32)36(31-22-12-9-17-27(31)3)38(37)44-40(42)34-25-14-11-21-30(34)19-8-6-2/h9-17,20-26,28,36-38H,5-8,18-19H2,1-4H3/t28-,36-,37?,38?/m0/s1. The molecule has 4 atom stereocenters. The molecule has 4 aromatic carbocycles. The highest BCUT2D eigenvalue weighted by molar-refractivity contribution is 5.92. The first-order valence-corrected chi connectivity index (χ1v) is 16.2. The van der Waals surface area contributed by atoms with Crippen molar-refractivity contribution in [1.29, 1.82) is 0 Å². The minimum absolute atomic E-state index is 0.189. The summed E-state index contributed by atoms with van der Waals surface area (Å²) in [4.78, 5) is 28.1. The fourth-order valence-corrected chi connectivity index (χ4v) is 6.60. The molecule has 2 unspecified atom stereocenters. The Bertz CT molecular complexity index is 1590. The first kappa shape index (κ1) is 31.3. The molecule has 4 heteroatoms. The third-order valence-corrected chi connectivity index (χ3v) is 9.05. The minimum Gasteiger partial charge on any atom is -0.454 e. The van der Waals surface area contributed by atoms with Crippen LogP contribution in [0, 0.1) is 6.92 Å². The number of hydrogen-bond donors (Lipinski definition) is 0. The lowest BCUT2D eigenvalue weighted by atomic mass is 9.70. The third kappa shape index (κ3) is 6.65. The summed E-state index contributed by atoms with van der Waals surface area (Å²) in [6, 6.07) is 31.9. The molecule has 0 fully saturated rings. The number of ether oxygens (including phenoxy) is 2. The van der Waals surface area contributed by atoms with Gasteiger partial charge in [0, 0.05) is 5.92 Å². The van der Waals surface area contributed by atoms with Crippen LogP contribution in [0.2, 0.25) is 0 Å². The second-order valence-corrected chi connectivity index (χ2v) is 12.0. The fourth-order valence-electron chi connectivity index (χ4n) is 6.60. The molecule has 0 amide bonds. The van der Waals surface area contributed by atoms with Crippen LogP contribution in [-0.4, -0.2) is 24.1 Å². The quantitative estimate of drug-likeness (QED) is 0.164. The Morgan fingerprint density at radius 3 is 1.59 bits per heavy atom. The summed E-state index contributed by atoms with van der Waals surface area (Å²) in [5.74, 6) is -1.24. The Balaban J connectivity index is 1.60. The number of hydrogen-bond acceptors (Lipinski definition) is 4. The topological polar surface area (TPSA) is 52.6 Å². The number of esters is 2. The van der Waals surface area contributed by atoms with Gasteiger partial charge in [-0.15, -0.1) is 0 Å². The Kier molecular flexibility index (Phi) is 10.3. The van der Waals surface area contributed by atoms with Crippen LogP contribution in [0.4, 0.5) is 0 Å². The lowest BCUT2D eigenvalue weighted by Crippen LogP contribution is -2.47. The summed E-state index contributed by atoms with van der Waals surface area (Å²) in [6.45, 7) is 8.45. The summed E-state index contributed by atoms with van der Waals surface area (Å²) < 4.78 is 13.1. The van der Waals surface area contributed by atoms with Gasteiger partial charge in [-0.05, 0) is 78.1 Å². The molecule has 4 aromatic rings. The van der Waals surface area contributed by atoms with Gasteiger partial charge in [-0.3, -0.25) is 0 Å². The number of benzene rings is 4. The first-order valence-electron chi connectivity index (χ1n) is 16.2. The Labute approximate surface area is 262 Å².